The Kier molecular flexibility index (Phi) is 8.92. The summed E-state index contributed by atoms with van der Waals surface area (Å²) in [6.45, 7) is 2.93. The smallest absolute Gasteiger partial charge is 0.382 e. The molecule has 6 nitrogen and oxygen atoms in total. The molecule has 39 heavy (non-hydrogen) atoms. The number of rotatable bonds is 7. The number of piperidine rings is 1. The molecular weight excluding hydrogens is 523 g/mol. The van der Waals surface area contributed by atoms with Gasteiger partial charge in [0.05, 0.1) is 17.8 Å². The summed E-state index contributed by atoms with van der Waals surface area (Å²) in [5.74, 6) is 5.96. The molecule has 2 aliphatic rings. The van der Waals surface area contributed by atoms with Gasteiger partial charge in [-0.05, 0) is 86.0 Å². The molecule has 0 unspecified atom stereocenters. The number of anilines is 2. The Labute approximate surface area is 231 Å². The molecule has 0 radical (unpaired) electrons. The second-order valence-corrected chi connectivity index (χ2v) is 10.8. The summed E-state index contributed by atoms with van der Waals surface area (Å²) < 4.78 is 47.4. The van der Waals surface area contributed by atoms with Crippen LogP contribution in [0.25, 0.3) is 10.9 Å². The lowest BCUT2D eigenvalue weighted by molar-refractivity contribution is -0.140. The fourth-order valence-electron chi connectivity index (χ4n) is 5.48. The first-order chi connectivity index (χ1) is 18.9. The van der Waals surface area contributed by atoms with Crippen LogP contribution in [0, 0.1) is 11.8 Å². The molecular formula is C29H34F3N5OS. The van der Waals surface area contributed by atoms with Crippen LogP contribution in [0.3, 0.4) is 0 Å². The molecule has 3 heterocycles. The quantitative estimate of drug-likeness (QED) is 0.256. The fourth-order valence-corrected chi connectivity index (χ4v) is 5.77. The van der Waals surface area contributed by atoms with Crippen LogP contribution in [0.2, 0.25) is 0 Å². The third-order valence-corrected chi connectivity index (χ3v) is 8.01. The Balaban J connectivity index is 1.30. The second kappa shape index (κ2) is 12.6. The molecule has 0 aliphatic carbocycles. The monoisotopic (exact) mass is 557 g/mol. The van der Waals surface area contributed by atoms with Crippen LogP contribution >= 0.6 is 11.9 Å². The molecule has 208 valence electrons. The standard InChI is InChI=1S/C29H34F3N5OS/c30-29(31,32)20-37-24(3-2-14-34-21-6-8-25(39-33)9-7-21)19-26-27(4-1-5-28(26)37)35-22-10-15-36(16-11-22)23-12-17-38-18-13-23/h1,4-9,19,22-23,34-35H,10-18,20,33H2. The van der Waals surface area contributed by atoms with Gasteiger partial charge in [-0.3, -0.25) is 5.14 Å². The number of benzene rings is 2. The third-order valence-electron chi connectivity index (χ3n) is 7.47. The molecule has 4 N–H and O–H groups in total. The second-order valence-electron chi connectivity index (χ2n) is 10.1. The van der Waals surface area contributed by atoms with Crippen LogP contribution in [-0.4, -0.2) is 60.6 Å². The van der Waals surface area contributed by atoms with Crippen LogP contribution in [0.1, 0.15) is 31.4 Å². The van der Waals surface area contributed by atoms with E-state index in [1.54, 1.807) is 12.1 Å². The first-order valence-corrected chi connectivity index (χ1v) is 14.2. The van der Waals surface area contributed by atoms with Gasteiger partial charge in [0.15, 0.2) is 0 Å². The van der Waals surface area contributed by atoms with Gasteiger partial charge in [-0.2, -0.15) is 13.2 Å². The molecule has 1 aromatic heterocycles. The largest absolute Gasteiger partial charge is 0.406 e. The maximum atomic E-state index is 13.5. The highest BCUT2D eigenvalue weighted by Gasteiger charge is 2.30. The van der Waals surface area contributed by atoms with Crippen LogP contribution in [0.4, 0.5) is 24.5 Å². The number of hydrogen-bond acceptors (Lipinski definition) is 6. The van der Waals surface area contributed by atoms with Crippen molar-refractivity contribution in [2.24, 2.45) is 5.14 Å². The zero-order valence-electron chi connectivity index (χ0n) is 21.8. The average Bonchev–Trinajstić information content (AvgIpc) is 3.29. The van der Waals surface area contributed by atoms with E-state index < -0.39 is 12.7 Å². The van der Waals surface area contributed by atoms with Gasteiger partial charge in [-0.25, -0.2) is 0 Å². The van der Waals surface area contributed by atoms with Crippen molar-refractivity contribution in [3.8, 4) is 11.8 Å². The van der Waals surface area contributed by atoms with Crippen molar-refractivity contribution >= 4 is 34.2 Å². The number of halogens is 3. The predicted octanol–water partition coefficient (Wildman–Crippen LogP) is 5.69. The number of aromatic nitrogens is 1. The van der Waals surface area contributed by atoms with Gasteiger partial charge in [0.2, 0.25) is 0 Å². The maximum absolute atomic E-state index is 13.5. The summed E-state index contributed by atoms with van der Waals surface area (Å²) in [7, 11) is 0. The number of nitrogens with two attached hydrogens (primary N) is 1. The number of hydrogen-bond donors (Lipinski definition) is 3. The number of fused-ring (bicyclic) bond motifs is 1. The summed E-state index contributed by atoms with van der Waals surface area (Å²) in [6.07, 6.45) is -0.184. The van der Waals surface area contributed by atoms with Crippen LogP contribution in [0.15, 0.2) is 53.4 Å². The van der Waals surface area contributed by atoms with E-state index >= 15 is 0 Å². The van der Waals surface area contributed by atoms with E-state index in [0.717, 1.165) is 73.6 Å². The number of ether oxygens (including phenoxy) is 1. The Morgan fingerprint density at radius 3 is 2.46 bits per heavy atom. The minimum absolute atomic E-state index is 0.278. The first kappa shape index (κ1) is 27.7. The molecule has 5 rings (SSSR count). The third kappa shape index (κ3) is 7.22. The SMILES string of the molecule is NSc1ccc(NCC#Cc2cc3c(NC4CCN(C5CCOCC5)CC4)cccc3n2CC(F)(F)F)cc1. The number of alkyl halides is 3. The van der Waals surface area contributed by atoms with Crippen molar-refractivity contribution in [3.05, 3.63) is 54.2 Å². The Bertz CT molecular complexity index is 1300. The molecule has 3 aromatic rings. The molecule has 2 saturated heterocycles. The van der Waals surface area contributed by atoms with E-state index in [2.05, 4.69) is 27.4 Å². The fraction of sp³-hybridized carbons (Fsp3) is 0.448. The van der Waals surface area contributed by atoms with Crippen molar-refractivity contribution in [1.82, 2.24) is 9.47 Å². The van der Waals surface area contributed by atoms with Crippen LogP contribution in [0.5, 0.6) is 0 Å². The van der Waals surface area contributed by atoms with Gasteiger partial charge >= 0.3 is 6.18 Å². The van der Waals surface area contributed by atoms with E-state index in [0.29, 0.717) is 23.8 Å². The Morgan fingerprint density at radius 2 is 1.77 bits per heavy atom. The minimum Gasteiger partial charge on any atom is -0.382 e. The summed E-state index contributed by atoms with van der Waals surface area (Å²) in [5, 5.41) is 13.1. The maximum Gasteiger partial charge on any atom is 0.406 e. The lowest BCUT2D eigenvalue weighted by atomic mass is 9.99. The highest BCUT2D eigenvalue weighted by Crippen LogP contribution is 2.31. The Morgan fingerprint density at radius 1 is 1.03 bits per heavy atom. The van der Waals surface area contributed by atoms with Crippen molar-refractivity contribution < 1.29 is 17.9 Å². The van der Waals surface area contributed by atoms with E-state index in [-0.39, 0.29) is 6.04 Å². The van der Waals surface area contributed by atoms with Crippen LogP contribution < -0.4 is 15.8 Å². The highest BCUT2D eigenvalue weighted by atomic mass is 32.2. The predicted molar refractivity (Wildman–Crippen MR) is 152 cm³/mol. The summed E-state index contributed by atoms with van der Waals surface area (Å²) >= 11 is 1.17. The number of nitrogens with one attached hydrogen (secondary N) is 2. The van der Waals surface area contributed by atoms with Gasteiger partial charge in [0.25, 0.3) is 0 Å². The van der Waals surface area contributed by atoms with Crippen molar-refractivity contribution in [2.75, 3.05) is 43.5 Å². The molecule has 0 amide bonds. The molecule has 0 saturated carbocycles. The van der Waals surface area contributed by atoms with E-state index in [4.69, 9.17) is 9.88 Å². The van der Waals surface area contributed by atoms with Gasteiger partial charge in [-0.1, -0.05) is 12.0 Å². The van der Waals surface area contributed by atoms with Crippen molar-refractivity contribution in [2.45, 2.75) is 55.4 Å². The molecule has 2 aliphatic heterocycles. The summed E-state index contributed by atoms with van der Waals surface area (Å²) in [4.78, 5) is 3.51. The van der Waals surface area contributed by atoms with E-state index in [1.165, 1.54) is 16.5 Å². The Hall–Kier alpha value is -2.84. The molecule has 0 atom stereocenters. The lowest BCUT2D eigenvalue weighted by Crippen LogP contribution is -2.46. The van der Waals surface area contributed by atoms with E-state index in [1.807, 2.05) is 36.4 Å². The first-order valence-electron chi connectivity index (χ1n) is 13.4. The van der Waals surface area contributed by atoms with Gasteiger partial charge in [0.1, 0.15) is 6.54 Å². The zero-order valence-corrected chi connectivity index (χ0v) is 22.6. The van der Waals surface area contributed by atoms with Crippen molar-refractivity contribution in [1.29, 1.82) is 0 Å². The summed E-state index contributed by atoms with van der Waals surface area (Å²) in [6, 6.07) is 15.7. The summed E-state index contributed by atoms with van der Waals surface area (Å²) in [5.41, 5.74) is 2.61. The van der Waals surface area contributed by atoms with Gasteiger partial charge in [-0.15, -0.1) is 0 Å². The number of likely N-dealkylation sites (tertiary alicyclic amines) is 1. The molecule has 2 fully saturated rings. The zero-order chi connectivity index (χ0) is 27.2. The molecule has 0 bridgehead atoms. The minimum atomic E-state index is -4.36. The van der Waals surface area contributed by atoms with E-state index in [9.17, 15) is 13.2 Å². The normalized spacial score (nSPS) is 17.6. The van der Waals surface area contributed by atoms with Crippen molar-refractivity contribution in [3.63, 3.8) is 0 Å². The lowest BCUT2D eigenvalue weighted by Gasteiger charge is -2.39. The topological polar surface area (TPSA) is 67.5 Å². The molecule has 2 aromatic carbocycles. The highest BCUT2D eigenvalue weighted by molar-refractivity contribution is 7.97. The van der Waals surface area contributed by atoms with Crippen LogP contribution in [-0.2, 0) is 11.3 Å². The average molecular weight is 558 g/mol. The molecule has 10 heteroatoms. The van der Waals surface area contributed by atoms with Gasteiger partial charge < -0.3 is 24.8 Å². The van der Waals surface area contributed by atoms with Gasteiger partial charge in [0, 0.05) is 60.0 Å². The molecule has 0 spiro atoms. The number of nitrogens with zero attached hydrogens (tertiary/aromatic N) is 2.